The fourth-order valence-electron chi connectivity index (χ4n) is 2.72. The second-order valence-corrected chi connectivity index (χ2v) is 9.24. The number of hydrogen-bond acceptors (Lipinski definition) is 5. The summed E-state index contributed by atoms with van der Waals surface area (Å²) in [7, 11) is -1.74. The number of nitrogens with zero attached hydrogens (tertiary/aromatic N) is 1. The Morgan fingerprint density at radius 2 is 1.83 bits per heavy atom. The molecule has 8 heteroatoms. The maximum absolute atomic E-state index is 12.5. The number of sulfonamides is 1. The summed E-state index contributed by atoms with van der Waals surface area (Å²) >= 11 is 1.48. The number of likely N-dealkylation sites (N-methyl/N-ethyl adjacent to an activating group) is 1. The molecular formula is C21H23N3O3S2. The zero-order valence-corrected chi connectivity index (χ0v) is 17.7. The van der Waals surface area contributed by atoms with Crippen molar-refractivity contribution in [2.24, 2.45) is 0 Å². The van der Waals surface area contributed by atoms with Crippen LogP contribution in [0.5, 0.6) is 0 Å². The zero-order chi connectivity index (χ0) is 20.7. The van der Waals surface area contributed by atoms with Crippen LogP contribution < -0.4 is 14.9 Å². The summed E-state index contributed by atoms with van der Waals surface area (Å²) in [5.41, 5.74) is 1.37. The van der Waals surface area contributed by atoms with Gasteiger partial charge in [-0.1, -0.05) is 30.3 Å². The topological polar surface area (TPSA) is 78.5 Å². The number of amides is 1. The van der Waals surface area contributed by atoms with Gasteiger partial charge in [-0.3, -0.25) is 4.79 Å². The molecular weight excluding hydrogens is 406 g/mol. The third-order valence-electron chi connectivity index (χ3n) is 4.35. The number of para-hydroxylation sites is 1. The van der Waals surface area contributed by atoms with Crippen molar-refractivity contribution in [1.29, 1.82) is 0 Å². The molecule has 0 saturated carbocycles. The van der Waals surface area contributed by atoms with Crippen molar-refractivity contribution in [3.05, 3.63) is 82.6 Å². The van der Waals surface area contributed by atoms with Crippen LogP contribution in [0.3, 0.4) is 0 Å². The molecule has 29 heavy (non-hydrogen) atoms. The summed E-state index contributed by atoms with van der Waals surface area (Å²) in [5.74, 6) is -0.304. The molecule has 2 aromatic carbocycles. The van der Waals surface area contributed by atoms with E-state index >= 15 is 0 Å². The quantitative estimate of drug-likeness (QED) is 0.548. The lowest BCUT2D eigenvalue weighted by Crippen LogP contribution is -2.33. The number of carbonyl (C=O) groups is 1. The zero-order valence-electron chi connectivity index (χ0n) is 16.0. The highest BCUT2D eigenvalue weighted by Gasteiger charge is 2.16. The van der Waals surface area contributed by atoms with Crippen LogP contribution in [-0.2, 0) is 16.6 Å². The Kier molecular flexibility index (Phi) is 7.03. The number of hydrogen-bond donors (Lipinski definition) is 2. The summed E-state index contributed by atoms with van der Waals surface area (Å²) in [6, 6.07) is 19.7. The van der Waals surface area contributed by atoms with Gasteiger partial charge in [0.1, 0.15) is 0 Å². The lowest BCUT2D eigenvalue weighted by atomic mass is 10.2. The van der Waals surface area contributed by atoms with Crippen LogP contribution in [0, 0.1) is 0 Å². The van der Waals surface area contributed by atoms with Gasteiger partial charge in [-0.2, -0.15) is 0 Å². The molecule has 0 radical (unpaired) electrons. The van der Waals surface area contributed by atoms with Gasteiger partial charge in [0.2, 0.25) is 10.0 Å². The van der Waals surface area contributed by atoms with Crippen molar-refractivity contribution in [3.63, 3.8) is 0 Å². The Balaban J connectivity index is 1.57. The maximum Gasteiger partial charge on any atom is 0.251 e. The van der Waals surface area contributed by atoms with Gasteiger partial charge >= 0.3 is 0 Å². The van der Waals surface area contributed by atoms with Gasteiger partial charge in [0.25, 0.3) is 5.91 Å². The lowest BCUT2D eigenvalue weighted by molar-refractivity contribution is 0.0954. The van der Waals surface area contributed by atoms with Crippen molar-refractivity contribution in [3.8, 4) is 0 Å². The van der Waals surface area contributed by atoms with E-state index in [4.69, 9.17) is 0 Å². The molecule has 1 aromatic heterocycles. The van der Waals surface area contributed by atoms with Crippen molar-refractivity contribution < 1.29 is 13.2 Å². The Labute approximate surface area is 175 Å². The van der Waals surface area contributed by atoms with Crippen molar-refractivity contribution >= 4 is 33.0 Å². The van der Waals surface area contributed by atoms with Gasteiger partial charge < -0.3 is 10.2 Å². The number of rotatable bonds is 9. The molecule has 1 heterocycles. The predicted octanol–water partition coefficient (Wildman–Crippen LogP) is 3.09. The maximum atomic E-state index is 12.5. The van der Waals surface area contributed by atoms with E-state index in [1.54, 1.807) is 12.1 Å². The van der Waals surface area contributed by atoms with Crippen LogP contribution in [0.15, 0.2) is 77.0 Å². The smallest absolute Gasteiger partial charge is 0.251 e. The summed E-state index contributed by atoms with van der Waals surface area (Å²) in [6.45, 7) is 1.30. The largest absolute Gasteiger partial charge is 0.373 e. The number of thiophene rings is 1. The standard InChI is InChI=1S/C21H23N3O3S2/c1-24(18-8-3-2-4-9-18)13-12-22-21(25)17-7-5-11-20(15-17)29(26,27)23-16-19-10-6-14-28-19/h2-11,14-15,23H,12-13,16H2,1H3,(H,22,25). The second kappa shape index (κ2) is 9.69. The molecule has 0 aliphatic heterocycles. The molecule has 0 aliphatic rings. The number of carbonyl (C=O) groups excluding carboxylic acids is 1. The number of nitrogens with one attached hydrogen (secondary N) is 2. The minimum atomic E-state index is -3.69. The molecule has 152 valence electrons. The molecule has 0 fully saturated rings. The Hall–Kier alpha value is -2.68. The summed E-state index contributed by atoms with van der Waals surface area (Å²) in [5, 5.41) is 4.73. The van der Waals surface area contributed by atoms with Crippen LogP contribution in [0.2, 0.25) is 0 Å². The van der Waals surface area contributed by atoms with Crippen LogP contribution in [0.1, 0.15) is 15.2 Å². The Bertz CT molecular complexity index is 1040. The van der Waals surface area contributed by atoms with Crippen LogP contribution in [0.4, 0.5) is 5.69 Å². The molecule has 3 rings (SSSR count). The fraction of sp³-hybridized carbons (Fsp3) is 0.190. The Morgan fingerprint density at radius 3 is 2.55 bits per heavy atom. The third kappa shape index (κ3) is 5.90. The van der Waals surface area contributed by atoms with E-state index in [9.17, 15) is 13.2 Å². The SMILES string of the molecule is CN(CCNC(=O)c1cccc(S(=O)(=O)NCc2cccs2)c1)c1ccccc1. The van der Waals surface area contributed by atoms with Crippen molar-refractivity contribution in [2.75, 3.05) is 25.0 Å². The molecule has 0 saturated heterocycles. The second-order valence-electron chi connectivity index (χ2n) is 6.44. The minimum absolute atomic E-state index is 0.0723. The van der Waals surface area contributed by atoms with E-state index in [1.807, 2.05) is 59.8 Å². The minimum Gasteiger partial charge on any atom is -0.373 e. The first kappa shape index (κ1) is 21.0. The molecule has 0 atom stereocenters. The first-order valence-corrected chi connectivity index (χ1v) is 11.5. The highest BCUT2D eigenvalue weighted by molar-refractivity contribution is 7.89. The van der Waals surface area contributed by atoms with Gasteiger partial charge in [-0.25, -0.2) is 13.1 Å². The molecule has 0 bridgehead atoms. The lowest BCUT2D eigenvalue weighted by Gasteiger charge is -2.19. The molecule has 6 nitrogen and oxygen atoms in total. The highest BCUT2D eigenvalue weighted by Crippen LogP contribution is 2.14. The van der Waals surface area contributed by atoms with E-state index in [2.05, 4.69) is 10.0 Å². The summed E-state index contributed by atoms with van der Waals surface area (Å²) < 4.78 is 27.6. The van der Waals surface area contributed by atoms with Crippen molar-refractivity contribution in [1.82, 2.24) is 10.0 Å². The highest BCUT2D eigenvalue weighted by atomic mass is 32.2. The van der Waals surface area contributed by atoms with Gasteiger partial charge in [-0.15, -0.1) is 11.3 Å². The Morgan fingerprint density at radius 1 is 1.03 bits per heavy atom. The monoisotopic (exact) mass is 429 g/mol. The first-order valence-electron chi connectivity index (χ1n) is 9.12. The van der Waals surface area contributed by atoms with Gasteiger partial charge in [0.05, 0.1) is 4.90 Å². The van der Waals surface area contributed by atoms with E-state index in [-0.39, 0.29) is 17.3 Å². The average Bonchev–Trinajstić information content (AvgIpc) is 3.27. The van der Waals surface area contributed by atoms with Gasteiger partial charge in [0, 0.05) is 42.8 Å². The van der Waals surface area contributed by atoms with E-state index in [0.29, 0.717) is 18.7 Å². The van der Waals surface area contributed by atoms with Gasteiger partial charge in [0.15, 0.2) is 0 Å². The van der Waals surface area contributed by atoms with Crippen LogP contribution >= 0.6 is 11.3 Å². The fourth-order valence-corrected chi connectivity index (χ4v) is 4.51. The summed E-state index contributed by atoms with van der Waals surface area (Å²) in [4.78, 5) is 15.5. The molecule has 2 N–H and O–H groups in total. The molecule has 0 spiro atoms. The molecule has 0 unspecified atom stereocenters. The number of benzene rings is 2. The first-order chi connectivity index (χ1) is 14.0. The molecule has 1 amide bonds. The predicted molar refractivity (Wildman–Crippen MR) is 117 cm³/mol. The average molecular weight is 430 g/mol. The normalized spacial score (nSPS) is 11.2. The van der Waals surface area contributed by atoms with Gasteiger partial charge in [-0.05, 0) is 41.8 Å². The summed E-state index contributed by atoms with van der Waals surface area (Å²) in [6.07, 6.45) is 0. The third-order valence-corrected chi connectivity index (χ3v) is 6.63. The molecule has 0 aliphatic carbocycles. The van der Waals surface area contributed by atoms with Crippen LogP contribution in [0.25, 0.3) is 0 Å². The van der Waals surface area contributed by atoms with Crippen molar-refractivity contribution in [2.45, 2.75) is 11.4 Å². The van der Waals surface area contributed by atoms with E-state index in [0.717, 1.165) is 10.6 Å². The van der Waals surface area contributed by atoms with E-state index in [1.165, 1.54) is 23.5 Å². The van der Waals surface area contributed by atoms with E-state index < -0.39 is 10.0 Å². The number of anilines is 1. The van der Waals surface area contributed by atoms with Crippen LogP contribution in [-0.4, -0.2) is 34.5 Å². The molecule has 3 aromatic rings.